The van der Waals surface area contributed by atoms with E-state index < -0.39 is 4.92 Å². The molecule has 8 heteroatoms. The molecule has 0 aromatic carbocycles. The van der Waals surface area contributed by atoms with Crippen molar-refractivity contribution in [2.75, 3.05) is 23.8 Å². The van der Waals surface area contributed by atoms with E-state index in [0.29, 0.717) is 19.1 Å². The fourth-order valence-corrected chi connectivity index (χ4v) is 3.00. The van der Waals surface area contributed by atoms with E-state index in [1.165, 1.54) is 12.6 Å². The molecular weight excluding hydrogens is 262 g/mol. The molecular formula is C12H17N5O3. The Hall–Kier alpha value is -1.96. The van der Waals surface area contributed by atoms with Gasteiger partial charge in [-0.3, -0.25) is 10.1 Å². The molecule has 1 aromatic heterocycles. The number of rotatable bonds is 2. The van der Waals surface area contributed by atoms with Crippen LogP contribution in [0.2, 0.25) is 0 Å². The lowest BCUT2D eigenvalue weighted by atomic mass is 9.90. The van der Waals surface area contributed by atoms with Gasteiger partial charge in [0.2, 0.25) is 11.8 Å². The first-order valence-corrected chi connectivity index (χ1v) is 6.82. The van der Waals surface area contributed by atoms with Gasteiger partial charge in [-0.15, -0.1) is 0 Å². The number of fused-ring (bicyclic) bond motifs is 1. The van der Waals surface area contributed by atoms with Gasteiger partial charge in [0.15, 0.2) is 0 Å². The maximum Gasteiger partial charge on any atom is 0.329 e. The molecule has 8 nitrogen and oxygen atoms in total. The highest BCUT2D eigenvalue weighted by molar-refractivity contribution is 5.54. The lowest BCUT2D eigenvalue weighted by Gasteiger charge is -2.43. The molecule has 1 aliphatic heterocycles. The molecule has 2 N–H and O–H groups in total. The van der Waals surface area contributed by atoms with Crippen molar-refractivity contribution in [1.29, 1.82) is 0 Å². The Kier molecular flexibility index (Phi) is 3.39. The van der Waals surface area contributed by atoms with Crippen LogP contribution in [0.3, 0.4) is 0 Å². The number of hydrogen-bond acceptors (Lipinski definition) is 7. The highest BCUT2D eigenvalue weighted by atomic mass is 16.6. The van der Waals surface area contributed by atoms with Crippen LogP contribution in [0.4, 0.5) is 17.5 Å². The van der Waals surface area contributed by atoms with Gasteiger partial charge in [-0.05, 0) is 12.8 Å². The molecule has 2 atom stereocenters. The average Bonchev–Trinajstić information content (AvgIpc) is 2.46. The lowest BCUT2D eigenvalue weighted by Crippen LogP contribution is -2.53. The normalized spacial score (nSPS) is 26.1. The Bertz CT molecular complexity index is 522. The maximum atomic E-state index is 10.7. The van der Waals surface area contributed by atoms with Gasteiger partial charge in [0.25, 0.3) is 0 Å². The average molecular weight is 279 g/mol. The van der Waals surface area contributed by atoms with E-state index in [9.17, 15) is 10.1 Å². The van der Waals surface area contributed by atoms with Crippen molar-refractivity contribution in [3.63, 3.8) is 0 Å². The minimum Gasteiger partial charge on any atom is -0.378 e. The van der Waals surface area contributed by atoms with Gasteiger partial charge in [0.1, 0.15) is 6.20 Å². The molecule has 0 unspecified atom stereocenters. The van der Waals surface area contributed by atoms with Gasteiger partial charge in [0.05, 0.1) is 23.7 Å². The molecule has 1 saturated carbocycles. The Labute approximate surface area is 116 Å². The molecule has 20 heavy (non-hydrogen) atoms. The van der Waals surface area contributed by atoms with Gasteiger partial charge in [-0.2, -0.15) is 4.98 Å². The number of anilines is 2. The second kappa shape index (κ2) is 5.20. The zero-order valence-electron chi connectivity index (χ0n) is 11.1. The van der Waals surface area contributed by atoms with Crippen LogP contribution in [-0.4, -0.2) is 40.2 Å². The number of nitrogen functional groups attached to an aromatic ring is 1. The summed E-state index contributed by atoms with van der Waals surface area (Å²) in [6, 6.07) is 0.248. The topological polar surface area (TPSA) is 107 Å². The van der Waals surface area contributed by atoms with Crippen LogP contribution in [-0.2, 0) is 4.74 Å². The van der Waals surface area contributed by atoms with E-state index in [0.717, 1.165) is 19.3 Å². The van der Waals surface area contributed by atoms with Gasteiger partial charge in [0, 0.05) is 6.54 Å². The fraction of sp³-hybridized carbons (Fsp3) is 0.667. The van der Waals surface area contributed by atoms with Crippen molar-refractivity contribution in [2.45, 2.75) is 37.8 Å². The molecule has 0 amide bonds. The van der Waals surface area contributed by atoms with E-state index in [2.05, 4.69) is 14.9 Å². The van der Waals surface area contributed by atoms with Crippen LogP contribution in [0.15, 0.2) is 6.20 Å². The van der Waals surface area contributed by atoms with Crippen molar-refractivity contribution in [3.8, 4) is 0 Å². The number of aromatic nitrogens is 2. The molecule has 2 heterocycles. The van der Waals surface area contributed by atoms with Crippen molar-refractivity contribution in [3.05, 3.63) is 16.3 Å². The summed E-state index contributed by atoms with van der Waals surface area (Å²) in [7, 11) is 0. The first kappa shape index (κ1) is 13.0. The van der Waals surface area contributed by atoms with Crippen LogP contribution in [0.25, 0.3) is 0 Å². The number of nitrogens with two attached hydrogens (primary N) is 1. The number of nitrogens with zero attached hydrogens (tertiary/aromatic N) is 4. The number of hydrogen-bond donors (Lipinski definition) is 1. The zero-order chi connectivity index (χ0) is 14.1. The van der Waals surface area contributed by atoms with E-state index in [4.69, 9.17) is 10.5 Å². The van der Waals surface area contributed by atoms with Crippen LogP contribution >= 0.6 is 0 Å². The fourth-order valence-electron chi connectivity index (χ4n) is 3.00. The smallest absolute Gasteiger partial charge is 0.329 e. The number of ether oxygens (including phenoxy) is 1. The molecule has 108 valence electrons. The molecule has 0 radical (unpaired) electrons. The predicted octanol–water partition coefficient (Wildman–Crippen LogP) is 1.11. The van der Waals surface area contributed by atoms with Gasteiger partial charge in [-0.25, -0.2) is 4.98 Å². The largest absolute Gasteiger partial charge is 0.378 e. The van der Waals surface area contributed by atoms with E-state index in [1.807, 2.05) is 0 Å². The first-order valence-electron chi connectivity index (χ1n) is 6.82. The Morgan fingerprint density at radius 1 is 1.45 bits per heavy atom. The summed E-state index contributed by atoms with van der Waals surface area (Å²) in [5, 5.41) is 10.7. The quantitative estimate of drug-likeness (QED) is 0.638. The summed E-state index contributed by atoms with van der Waals surface area (Å²) in [5.74, 6) is 0.382. The summed E-state index contributed by atoms with van der Waals surface area (Å²) >= 11 is 0. The summed E-state index contributed by atoms with van der Waals surface area (Å²) in [6.07, 6.45) is 5.80. The highest BCUT2D eigenvalue weighted by Gasteiger charge is 2.35. The highest BCUT2D eigenvalue weighted by Crippen LogP contribution is 2.31. The van der Waals surface area contributed by atoms with Crippen LogP contribution in [0.5, 0.6) is 0 Å². The second-order valence-corrected chi connectivity index (χ2v) is 5.15. The zero-order valence-corrected chi connectivity index (χ0v) is 11.1. The Morgan fingerprint density at radius 2 is 2.25 bits per heavy atom. The molecule has 1 aromatic rings. The predicted molar refractivity (Wildman–Crippen MR) is 72.4 cm³/mol. The second-order valence-electron chi connectivity index (χ2n) is 5.15. The van der Waals surface area contributed by atoms with Crippen LogP contribution < -0.4 is 10.6 Å². The van der Waals surface area contributed by atoms with Crippen molar-refractivity contribution < 1.29 is 9.66 Å². The van der Waals surface area contributed by atoms with Gasteiger partial charge >= 0.3 is 5.69 Å². The summed E-state index contributed by atoms with van der Waals surface area (Å²) in [5.41, 5.74) is 5.40. The number of morpholine rings is 1. The van der Waals surface area contributed by atoms with E-state index in [-0.39, 0.29) is 23.7 Å². The van der Waals surface area contributed by atoms with Crippen molar-refractivity contribution in [1.82, 2.24) is 9.97 Å². The van der Waals surface area contributed by atoms with Crippen LogP contribution in [0, 0.1) is 10.1 Å². The minimum absolute atomic E-state index is 0.0844. The lowest BCUT2D eigenvalue weighted by molar-refractivity contribution is -0.384. The molecule has 0 bridgehead atoms. The summed E-state index contributed by atoms with van der Waals surface area (Å²) in [4.78, 5) is 20.5. The molecule has 3 rings (SSSR count). The third-order valence-electron chi connectivity index (χ3n) is 3.97. The SMILES string of the molecule is Nc1nc(N2CCO[C@H]3CCCC[C@@H]32)ncc1[N+](=O)[O-]. The number of nitro groups is 1. The molecule has 2 fully saturated rings. The van der Waals surface area contributed by atoms with E-state index >= 15 is 0 Å². The molecule has 1 saturated heterocycles. The van der Waals surface area contributed by atoms with Gasteiger partial charge < -0.3 is 15.4 Å². The standard InChI is InChI=1S/C12H17N5O3/c13-11-9(17(18)19)7-14-12(15-11)16-5-6-20-10-4-2-1-3-8(10)16/h7-8,10H,1-6H2,(H2,13,14,15)/t8-,10-/m0/s1. The minimum atomic E-state index is -0.568. The molecule has 2 aliphatic rings. The maximum absolute atomic E-state index is 10.7. The van der Waals surface area contributed by atoms with Crippen molar-refractivity contribution >= 4 is 17.5 Å². The Balaban J connectivity index is 1.87. The van der Waals surface area contributed by atoms with Crippen molar-refractivity contribution in [2.24, 2.45) is 0 Å². The third kappa shape index (κ3) is 2.26. The van der Waals surface area contributed by atoms with Gasteiger partial charge in [-0.1, -0.05) is 12.8 Å². The first-order chi connectivity index (χ1) is 9.66. The summed E-state index contributed by atoms with van der Waals surface area (Å²) < 4.78 is 5.79. The Morgan fingerprint density at radius 3 is 3.00 bits per heavy atom. The molecule has 1 aliphatic carbocycles. The third-order valence-corrected chi connectivity index (χ3v) is 3.97. The van der Waals surface area contributed by atoms with Crippen LogP contribution in [0.1, 0.15) is 25.7 Å². The molecule has 0 spiro atoms. The van der Waals surface area contributed by atoms with E-state index in [1.54, 1.807) is 0 Å². The monoisotopic (exact) mass is 279 g/mol. The summed E-state index contributed by atoms with van der Waals surface area (Å²) in [6.45, 7) is 1.32.